The second-order valence-corrected chi connectivity index (χ2v) is 8.38. The van der Waals surface area contributed by atoms with Crippen LogP contribution < -0.4 is 5.32 Å². The fourth-order valence-corrected chi connectivity index (χ4v) is 5.04. The molecule has 1 unspecified atom stereocenters. The fourth-order valence-electron chi connectivity index (χ4n) is 5.04. The van der Waals surface area contributed by atoms with Crippen LogP contribution in [0, 0.1) is 0 Å². The highest BCUT2D eigenvalue weighted by molar-refractivity contribution is 5.75. The summed E-state index contributed by atoms with van der Waals surface area (Å²) in [5.41, 5.74) is 10.7. The summed E-state index contributed by atoms with van der Waals surface area (Å²) in [6.07, 6.45) is 21.5. The van der Waals surface area contributed by atoms with E-state index in [2.05, 4.69) is 58.8 Å². The Morgan fingerprint density at radius 3 is 2.42 bits per heavy atom. The van der Waals surface area contributed by atoms with Crippen LogP contribution in [-0.4, -0.2) is 4.98 Å². The van der Waals surface area contributed by atoms with Gasteiger partial charge in [-0.25, -0.2) is 0 Å². The van der Waals surface area contributed by atoms with Crippen LogP contribution in [0.1, 0.15) is 40.2 Å². The number of pyridine rings is 1. The maximum atomic E-state index is 4.31. The van der Waals surface area contributed by atoms with E-state index in [1.165, 1.54) is 47.9 Å². The molecule has 3 aliphatic rings. The first kappa shape index (κ1) is 19.6. The van der Waals surface area contributed by atoms with E-state index < -0.39 is 0 Å². The highest BCUT2D eigenvalue weighted by Gasteiger charge is 2.26. The average Bonchev–Trinajstić information content (AvgIpc) is 3.17. The van der Waals surface area contributed by atoms with Crippen LogP contribution in [0.15, 0.2) is 97.6 Å². The molecule has 0 fully saturated rings. The number of nitrogens with one attached hydrogen (secondary N) is 1. The molecule has 2 aromatic carbocycles. The first-order chi connectivity index (χ1) is 15.4. The van der Waals surface area contributed by atoms with E-state index in [0.717, 1.165) is 6.42 Å². The summed E-state index contributed by atoms with van der Waals surface area (Å²) in [6, 6.07) is 18.0. The van der Waals surface area contributed by atoms with Crippen molar-refractivity contribution in [3.8, 4) is 11.1 Å². The zero-order valence-corrected chi connectivity index (χ0v) is 17.8. The molecule has 3 aromatic rings. The van der Waals surface area contributed by atoms with Gasteiger partial charge in [-0.3, -0.25) is 4.98 Å². The van der Waals surface area contributed by atoms with Gasteiger partial charge in [0.2, 0.25) is 0 Å². The number of fused-ring (bicyclic) bond motifs is 5. The third-order valence-electron chi connectivity index (χ3n) is 6.56. The van der Waals surface area contributed by atoms with Gasteiger partial charge in [0.05, 0.1) is 0 Å². The molecule has 0 radical (unpaired) electrons. The Labute approximate surface area is 185 Å². The van der Waals surface area contributed by atoms with Gasteiger partial charge >= 0.3 is 0 Å². The summed E-state index contributed by atoms with van der Waals surface area (Å²) < 4.78 is 0. The minimum Gasteiger partial charge on any atom is -0.368 e. The number of aromatic nitrogens is 1. The topological polar surface area (TPSA) is 24.9 Å². The van der Waals surface area contributed by atoms with Crippen LogP contribution in [0.3, 0.4) is 0 Å². The molecule has 6 rings (SSSR count). The zero-order valence-electron chi connectivity index (χ0n) is 17.8. The summed E-state index contributed by atoms with van der Waals surface area (Å²) in [5, 5.41) is 2.92. The quantitative estimate of drug-likeness (QED) is 0.515. The van der Waals surface area contributed by atoms with E-state index in [-0.39, 0.29) is 0 Å². The fraction of sp³-hybridized carbons (Fsp3) is 0.207. The van der Waals surface area contributed by atoms with Crippen molar-refractivity contribution in [2.75, 3.05) is 0 Å². The highest BCUT2D eigenvalue weighted by Crippen LogP contribution is 2.41. The van der Waals surface area contributed by atoms with E-state index in [1.807, 2.05) is 49.1 Å². The summed E-state index contributed by atoms with van der Waals surface area (Å²) in [4.78, 5) is 4.31. The van der Waals surface area contributed by atoms with Crippen molar-refractivity contribution < 1.29 is 0 Å². The molecule has 154 valence electrons. The normalized spacial score (nSPS) is 17.9. The second-order valence-electron chi connectivity index (χ2n) is 8.38. The standard InChI is InChI=1S/C23H21N.C6H7N/c1-2-6-20-16(4-1)7-11-23-21-10-8-17(19-5-3-13-24-15-19)14-18(21)9-12-22(20)23;1-2-4-6-7-5-3-1/h1-6,9,12-13,15,17H,7-8,10-11,14H2;1-7H. The van der Waals surface area contributed by atoms with Gasteiger partial charge in [-0.1, -0.05) is 54.6 Å². The lowest BCUT2D eigenvalue weighted by Gasteiger charge is -2.30. The lowest BCUT2D eigenvalue weighted by atomic mass is 9.74. The Kier molecular flexibility index (Phi) is 5.79. The largest absolute Gasteiger partial charge is 0.368 e. The molecule has 0 bridgehead atoms. The average molecular weight is 405 g/mol. The lowest BCUT2D eigenvalue weighted by Crippen LogP contribution is -2.17. The summed E-state index contributed by atoms with van der Waals surface area (Å²) in [7, 11) is 0. The maximum Gasteiger partial charge on any atom is 0.0302 e. The van der Waals surface area contributed by atoms with Crippen LogP contribution in [0.2, 0.25) is 0 Å². The number of hydrogen-bond acceptors (Lipinski definition) is 2. The van der Waals surface area contributed by atoms with Gasteiger partial charge in [-0.15, -0.1) is 0 Å². The zero-order chi connectivity index (χ0) is 20.9. The van der Waals surface area contributed by atoms with Gasteiger partial charge in [-0.2, -0.15) is 0 Å². The van der Waals surface area contributed by atoms with Crippen LogP contribution in [0.4, 0.5) is 0 Å². The first-order valence-electron chi connectivity index (χ1n) is 11.3. The maximum absolute atomic E-state index is 4.31. The second kappa shape index (κ2) is 9.18. The molecule has 31 heavy (non-hydrogen) atoms. The third kappa shape index (κ3) is 4.25. The molecule has 0 saturated carbocycles. The van der Waals surface area contributed by atoms with E-state index in [1.54, 1.807) is 16.7 Å². The lowest BCUT2D eigenvalue weighted by molar-refractivity contribution is 0.579. The highest BCUT2D eigenvalue weighted by atomic mass is 14.8. The molecule has 2 aliphatic carbocycles. The van der Waals surface area contributed by atoms with Crippen LogP contribution in [0.5, 0.6) is 0 Å². The number of benzene rings is 2. The van der Waals surface area contributed by atoms with Gasteiger partial charge in [-0.05, 0) is 95.2 Å². The minimum absolute atomic E-state index is 0.625. The molecular formula is C29H28N2. The van der Waals surface area contributed by atoms with Crippen molar-refractivity contribution in [1.29, 1.82) is 0 Å². The van der Waals surface area contributed by atoms with Crippen molar-refractivity contribution in [2.45, 2.75) is 38.0 Å². The molecule has 1 aliphatic heterocycles. The number of nitrogens with zero attached hydrogens (tertiary/aromatic N) is 1. The third-order valence-corrected chi connectivity index (χ3v) is 6.56. The van der Waals surface area contributed by atoms with E-state index in [4.69, 9.17) is 0 Å². The summed E-state index contributed by atoms with van der Waals surface area (Å²) >= 11 is 0. The number of aryl methyl sites for hydroxylation is 1. The Balaban J connectivity index is 0.000000250. The van der Waals surface area contributed by atoms with Crippen molar-refractivity contribution >= 4 is 0 Å². The van der Waals surface area contributed by atoms with Crippen LogP contribution >= 0.6 is 0 Å². The molecule has 2 heteroatoms. The van der Waals surface area contributed by atoms with Gasteiger partial charge in [0.25, 0.3) is 0 Å². The number of hydrogen-bond donors (Lipinski definition) is 1. The molecule has 2 heterocycles. The monoisotopic (exact) mass is 404 g/mol. The van der Waals surface area contributed by atoms with Gasteiger partial charge in [0, 0.05) is 24.8 Å². The molecular weight excluding hydrogens is 376 g/mol. The molecule has 1 aromatic heterocycles. The summed E-state index contributed by atoms with van der Waals surface area (Å²) in [5.74, 6) is 0.625. The van der Waals surface area contributed by atoms with Gasteiger partial charge in [0.1, 0.15) is 0 Å². The Bertz CT molecular complexity index is 1120. The van der Waals surface area contributed by atoms with Crippen LogP contribution in [-0.2, 0) is 25.7 Å². The van der Waals surface area contributed by atoms with E-state index in [0.29, 0.717) is 5.92 Å². The van der Waals surface area contributed by atoms with E-state index in [9.17, 15) is 0 Å². The Hall–Kier alpha value is -3.39. The molecule has 0 spiro atoms. The Morgan fingerprint density at radius 1 is 0.710 bits per heavy atom. The number of allylic oxidation sites excluding steroid dienone is 4. The van der Waals surface area contributed by atoms with Crippen molar-refractivity contribution in [3.05, 3.63) is 125 Å². The molecule has 0 saturated heterocycles. The summed E-state index contributed by atoms with van der Waals surface area (Å²) in [6.45, 7) is 0. The smallest absolute Gasteiger partial charge is 0.0302 e. The molecule has 2 nitrogen and oxygen atoms in total. The minimum atomic E-state index is 0.625. The SMILES string of the molecule is C1=CC=CNC=C1.c1cncc(C2CCc3c(ccc4c3CCc3ccccc3-4)C2)c1. The predicted octanol–water partition coefficient (Wildman–Crippen LogP) is 6.29. The van der Waals surface area contributed by atoms with E-state index >= 15 is 0 Å². The van der Waals surface area contributed by atoms with Gasteiger partial charge < -0.3 is 5.32 Å². The molecule has 0 amide bonds. The van der Waals surface area contributed by atoms with Crippen molar-refractivity contribution in [1.82, 2.24) is 10.3 Å². The Morgan fingerprint density at radius 2 is 1.58 bits per heavy atom. The van der Waals surface area contributed by atoms with Crippen molar-refractivity contribution in [2.24, 2.45) is 0 Å². The number of rotatable bonds is 1. The van der Waals surface area contributed by atoms with Crippen LogP contribution in [0.25, 0.3) is 11.1 Å². The van der Waals surface area contributed by atoms with Crippen molar-refractivity contribution in [3.63, 3.8) is 0 Å². The molecule has 1 N–H and O–H groups in total. The molecule has 1 atom stereocenters. The first-order valence-corrected chi connectivity index (χ1v) is 11.3. The van der Waals surface area contributed by atoms with Gasteiger partial charge in [0.15, 0.2) is 0 Å². The predicted molar refractivity (Wildman–Crippen MR) is 129 cm³/mol.